The summed E-state index contributed by atoms with van der Waals surface area (Å²) in [6, 6.07) is 4.24. The van der Waals surface area contributed by atoms with Gasteiger partial charge in [0.2, 0.25) is 0 Å². The van der Waals surface area contributed by atoms with Crippen molar-refractivity contribution in [2.45, 2.75) is 70.6 Å². The zero-order valence-electron chi connectivity index (χ0n) is 19.9. The van der Waals surface area contributed by atoms with E-state index in [1.807, 2.05) is 12.1 Å². The first kappa shape index (κ1) is 23.8. The van der Waals surface area contributed by atoms with Crippen molar-refractivity contribution in [3.8, 4) is 11.5 Å². The fourth-order valence-corrected chi connectivity index (χ4v) is 6.14. The SMILES string of the molecule is COc1cc2c(cc1OCC1(OS(C)(=O)=O)CC1)CCN1C[C@@H](CC(C)(C)C)[C@H](O)C[C@H]21. The average molecular weight is 468 g/mol. The molecule has 2 fully saturated rings. The van der Waals surface area contributed by atoms with Crippen LogP contribution in [0.4, 0.5) is 0 Å². The minimum Gasteiger partial charge on any atom is -0.493 e. The highest BCUT2D eigenvalue weighted by Crippen LogP contribution is 2.46. The molecule has 1 aromatic rings. The summed E-state index contributed by atoms with van der Waals surface area (Å²) in [5.41, 5.74) is 1.85. The maximum atomic E-state index is 11.5. The molecule has 1 aromatic carbocycles. The lowest BCUT2D eigenvalue weighted by molar-refractivity contribution is -0.0259. The molecule has 4 rings (SSSR count). The standard InChI is InChI=1S/C24H37NO6S/c1-23(2,3)13-17-14-25-9-6-16-10-22(30-15-24(7-8-24)31-32(5,27)28)21(29-4)11-18(16)19(25)12-20(17)26/h10-11,17,19-20,26H,6-9,12-15H2,1-5H3/t17-,19-,20-/m1/s1. The van der Waals surface area contributed by atoms with Crippen LogP contribution in [-0.2, 0) is 20.7 Å². The molecule has 3 atom stereocenters. The summed E-state index contributed by atoms with van der Waals surface area (Å²) >= 11 is 0. The van der Waals surface area contributed by atoms with E-state index < -0.39 is 15.7 Å². The van der Waals surface area contributed by atoms with Gasteiger partial charge in [-0.05, 0) is 66.7 Å². The summed E-state index contributed by atoms with van der Waals surface area (Å²) in [5.74, 6) is 1.54. The third-order valence-electron chi connectivity index (χ3n) is 6.87. The molecule has 2 aliphatic heterocycles. The zero-order valence-corrected chi connectivity index (χ0v) is 20.7. The van der Waals surface area contributed by atoms with Gasteiger partial charge in [-0.3, -0.25) is 9.08 Å². The number of aliphatic hydroxyl groups is 1. The van der Waals surface area contributed by atoms with Gasteiger partial charge >= 0.3 is 0 Å². The first-order valence-corrected chi connectivity index (χ1v) is 13.4. The minimum atomic E-state index is -3.53. The van der Waals surface area contributed by atoms with E-state index in [0.717, 1.165) is 38.6 Å². The lowest BCUT2D eigenvalue weighted by Crippen LogP contribution is -2.48. The van der Waals surface area contributed by atoms with E-state index in [-0.39, 0.29) is 24.2 Å². The number of hydrogen-bond donors (Lipinski definition) is 1. The second-order valence-electron chi connectivity index (χ2n) is 11.0. The minimum absolute atomic E-state index is 0.177. The van der Waals surface area contributed by atoms with Gasteiger partial charge in [0.15, 0.2) is 11.5 Å². The molecule has 1 saturated heterocycles. The molecule has 0 unspecified atom stereocenters. The van der Waals surface area contributed by atoms with Crippen LogP contribution in [0.5, 0.6) is 11.5 Å². The van der Waals surface area contributed by atoms with Crippen molar-refractivity contribution in [1.82, 2.24) is 4.90 Å². The Balaban J connectivity index is 1.51. The molecule has 0 spiro atoms. The maximum absolute atomic E-state index is 11.5. The Hall–Kier alpha value is -1.35. The van der Waals surface area contributed by atoms with Gasteiger partial charge < -0.3 is 14.6 Å². The first-order valence-electron chi connectivity index (χ1n) is 11.5. The van der Waals surface area contributed by atoms with E-state index in [9.17, 15) is 13.5 Å². The Kier molecular flexibility index (Phi) is 6.29. The lowest BCUT2D eigenvalue weighted by Gasteiger charge is -2.47. The van der Waals surface area contributed by atoms with Crippen LogP contribution in [0.2, 0.25) is 0 Å². The quantitative estimate of drug-likeness (QED) is 0.616. The van der Waals surface area contributed by atoms with Crippen molar-refractivity contribution in [2.75, 3.05) is 33.1 Å². The molecule has 2 heterocycles. The van der Waals surface area contributed by atoms with Crippen molar-refractivity contribution in [3.05, 3.63) is 23.3 Å². The highest BCUT2D eigenvalue weighted by atomic mass is 32.2. The summed E-state index contributed by atoms with van der Waals surface area (Å²) in [6.45, 7) is 8.74. The molecule has 1 N–H and O–H groups in total. The number of benzene rings is 1. The first-order chi connectivity index (χ1) is 14.9. The lowest BCUT2D eigenvalue weighted by atomic mass is 9.75. The van der Waals surface area contributed by atoms with E-state index >= 15 is 0 Å². The van der Waals surface area contributed by atoms with Gasteiger partial charge in [-0.15, -0.1) is 0 Å². The molecule has 1 saturated carbocycles. The van der Waals surface area contributed by atoms with Crippen molar-refractivity contribution in [3.63, 3.8) is 0 Å². The molecule has 0 radical (unpaired) electrons. The number of rotatable bonds is 7. The third-order valence-corrected chi connectivity index (χ3v) is 7.53. The Labute approximate surface area is 192 Å². The highest BCUT2D eigenvalue weighted by molar-refractivity contribution is 7.86. The van der Waals surface area contributed by atoms with Gasteiger partial charge in [0.25, 0.3) is 10.1 Å². The predicted molar refractivity (Wildman–Crippen MR) is 123 cm³/mol. The molecule has 1 aliphatic carbocycles. The van der Waals surface area contributed by atoms with Crippen LogP contribution in [0.25, 0.3) is 0 Å². The number of hydrogen-bond acceptors (Lipinski definition) is 7. The van der Waals surface area contributed by atoms with E-state index in [0.29, 0.717) is 30.3 Å². The fourth-order valence-electron chi connectivity index (χ4n) is 5.28. The van der Waals surface area contributed by atoms with Crippen LogP contribution < -0.4 is 9.47 Å². The number of fused-ring (bicyclic) bond motifs is 3. The smallest absolute Gasteiger partial charge is 0.265 e. The monoisotopic (exact) mass is 467 g/mol. The van der Waals surface area contributed by atoms with E-state index in [2.05, 4.69) is 25.7 Å². The molecular weight excluding hydrogens is 430 g/mol. The Morgan fingerprint density at radius 3 is 2.53 bits per heavy atom. The topological polar surface area (TPSA) is 85.3 Å². The number of piperidine rings is 1. The predicted octanol–water partition coefficient (Wildman–Crippen LogP) is 3.30. The van der Waals surface area contributed by atoms with E-state index in [1.54, 1.807) is 7.11 Å². The summed E-state index contributed by atoms with van der Waals surface area (Å²) in [5, 5.41) is 10.9. The molecule has 0 bridgehead atoms. The zero-order chi connectivity index (χ0) is 23.3. The highest BCUT2D eigenvalue weighted by Gasteiger charge is 2.48. The van der Waals surface area contributed by atoms with Crippen molar-refractivity contribution in [2.24, 2.45) is 11.3 Å². The summed E-state index contributed by atoms with van der Waals surface area (Å²) in [6.07, 6.45) is 4.74. The number of aliphatic hydroxyl groups excluding tert-OH is 1. The van der Waals surface area contributed by atoms with Crippen LogP contribution in [0.15, 0.2) is 12.1 Å². The Morgan fingerprint density at radius 2 is 1.94 bits per heavy atom. The van der Waals surface area contributed by atoms with E-state index in [4.69, 9.17) is 13.7 Å². The van der Waals surface area contributed by atoms with Crippen molar-refractivity contribution in [1.29, 1.82) is 0 Å². The molecule has 180 valence electrons. The third kappa shape index (κ3) is 5.41. The molecule has 0 aromatic heterocycles. The number of nitrogens with zero attached hydrogens (tertiary/aromatic N) is 1. The average Bonchev–Trinajstić information content (AvgIpc) is 3.43. The van der Waals surface area contributed by atoms with Gasteiger partial charge in [0.1, 0.15) is 12.2 Å². The molecule has 0 amide bonds. The van der Waals surface area contributed by atoms with Crippen LogP contribution in [0.3, 0.4) is 0 Å². The molecule has 7 nitrogen and oxygen atoms in total. The van der Waals surface area contributed by atoms with Crippen LogP contribution in [0.1, 0.15) is 63.6 Å². The molecule has 32 heavy (non-hydrogen) atoms. The van der Waals surface area contributed by atoms with E-state index in [1.165, 1.54) is 11.1 Å². The van der Waals surface area contributed by atoms with Gasteiger partial charge in [0, 0.05) is 19.1 Å². The van der Waals surface area contributed by atoms with Crippen LogP contribution in [-0.4, -0.2) is 63.2 Å². The van der Waals surface area contributed by atoms with Gasteiger partial charge in [-0.2, -0.15) is 8.42 Å². The largest absolute Gasteiger partial charge is 0.493 e. The summed E-state index contributed by atoms with van der Waals surface area (Å²) in [7, 11) is -1.91. The number of methoxy groups -OCH3 is 1. The van der Waals surface area contributed by atoms with Gasteiger partial charge in [-0.25, -0.2) is 0 Å². The van der Waals surface area contributed by atoms with Crippen molar-refractivity contribution < 1.29 is 27.2 Å². The van der Waals surface area contributed by atoms with Gasteiger partial charge in [0.05, 0.1) is 19.5 Å². The Bertz CT molecular complexity index is 950. The fraction of sp³-hybridized carbons (Fsp3) is 0.750. The second kappa shape index (κ2) is 8.46. The van der Waals surface area contributed by atoms with Crippen molar-refractivity contribution >= 4 is 10.1 Å². The normalized spacial score (nSPS) is 27.4. The summed E-state index contributed by atoms with van der Waals surface area (Å²) < 4.78 is 40.0. The molecule has 3 aliphatic rings. The van der Waals surface area contributed by atoms with Crippen LogP contribution >= 0.6 is 0 Å². The molecular formula is C24H37NO6S. The second-order valence-corrected chi connectivity index (χ2v) is 12.6. The molecule has 8 heteroatoms. The van der Waals surface area contributed by atoms with Crippen LogP contribution in [0, 0.1) is 11.3 Å². The van der Waals surface area contributed by atoms with Gasteiger partial charge in [-0.1, -0.05) is 20.8 Å². The Morgan fingerprint density at radius 1 is 1.22 bits per heavy atom. The maximum Gasteiger partial charge on any atom is 0.265 e. The number of ether oxygens (including phenoxy) is 2. The summed E-state index contributed by atoms with van der Waals surface area (Å²) in [4.78, 5) is 2.50.